The summed E-state index contributed by atoms with van der Waals surface area (Å²) in [6.07, 6.45) is 8.37. The average Bonchev–Trinajstić information content (AvgIpc) is 2.92. The molecule has 0 aliphatic carbocycles. The van der Waals surface area contributed by atoms with Crippen LogP contribution in [-0.2, 0) is 23.9 Å². The van der Waals surface area contributed by atoms with Gasteiger partial charge in [0.1, 0.15) is 6.10 Å². The molecule has 197 valence electrons. The number of hydrogen-bond acceptors (Lipinski definition) is 5. The number of cyclic esters (lactones) is 2. The van der Waals surface area contributed by atoms with Crippen LogP contribution in [0.2, 0.25) is 0 Å². The van der Waals surface area contributed by atoms with E-state index in [1.54, 1.807) is 19.1 Å². The van der Waals surface area contributed by atoms with Crippen LogP contribution in [0.5, 0.6) is 0 Å². The van der Waals surface area contributed by atoms with Gasteiger partial charge >= 0.3 is 120 Å². The van der Waals surface area contributed by atoms with Crippen molar-refractivity contribution in [2.75, 3.05) is 0 Å². The van der Waals surface area contributed by atoms with Gasteiger partial charge in [0, 0.05) is 0 Å². The maximum absolute atomic E-state index is 10.7. The van der Waals surface area contributed by atoms with E-state index < -0.39 is 18.4 Å². The van der Waals surface area contributed by atoms with Crippen LogP contribution in [0, 0.1) is 14.9 Å². The number of carbonyl (C=O) groups is 1. The van der Waals surface area contributed by atoms with Gasteiger partial charge in [0.05, 0.1) is 12.2 Å². The number of aliphatic hydroxyl groups excluding tert-OH is 2. The fraction of sp³-hybridized carbons (Fsp3) is 0.476. The summed E-state index contributed by atoms with van der Waals surface area (Å²) >= 11 is 12.1. The van der Waals surface area contributed by atoms with Crippen LogP contribution in [-0.4, -0.2) is 40.8 Å². The van der Waals surface area contributed by atoms with E-state index in [-0.39, 0.29) is 32.0 Å². The van der Waals surface area contributed by atoms with Crippen LogP contribution in [0.25, 0.3) is 0 Å². The first kappa shape index (κ1) is 45.9. The first-order chi connectivity index (χ1) is 14.3. The molecule has 0 amide bonds. The summed E-state index contributed by atoms with van der Waals surface area (Å²) in [5.41, 5.74) is 2.37. The van der Waals surface area contributed by atoms with Gasteiger partial charge in [-0.1, -0.05) is 41.5 Å². The minimum absolute atomic E-state index is 0. The van der Waals surface area contributed by atoms with Crippen molar-refractivity contribution in [2.45, 2.75) is 66.0 Å². The Morgan fingerprint density at radius 1 is 1.00 bits per heavy atom. The quantitative estimate of drug-likeness (QED) is 0.125. The Labute approximate surface area is 268 Å². The van der Waals surface area contributed by atoms with Gasteiger partial charge < -0.3 is 34.5 Å². The second-order valence-electron chi connectivity index (χ2n) is 6.40. The molecule has 2 N–H and O–H groups in total. The number of allylic oxidation sites excluding steroid dienone is 6. The molecule has 5 nitrogen and oxygen atoms in total. The van der Waals surface area contributed by atoms with Gasteiger partial charge in [0.15, 0.2) is 6.10 Å². The van der Waals surface area contributed by atoms with Crippen LogP contribution in [0.4, 0.5) is 4.79 Å². The van der Waals surface area contributed by atoms with Crippen molar-refractivity contribution in [3.63, 3.8) is 0 Å². The molecule has 1 saturated heterocycles. The second-order valence-corrected chi connectivity index (χ2v) is 53.6. The van der Waals surface area contributed by atoms with Gasteiger partial charge in [0.25, 0.3) is 0 Å². The Kier molecular flexibility index (Phi) is 43.3. The molecule has 0 aromatic carbocycles. The van der Waals surface area contributed by atoms with Crippen molar-refractivity contribution in [1.29, 1.82) is 0 Å². The van der Waals surface area contributed by atoms with Crippen molar-refractivity contribution < 1.29 is 38.9 Å². The van der Waals surface area contributed by atoms with E-state index in [9.17, 15) is 4.79 Å². The summed E-state index contributed by atoms with van der Waals surface area (Å²) in [4.78, 5) is 10.4. The fourth-order valence-electron chi connectivity index (χ4n) is 1.53. The number of aliphatic hydroxyl groups is 2. The molecule has 1 rings (SSSR count). The maximum atomic E-state index is 10.7. The molecule has 0 aromatic heterocycles. The number of carbonyl (C=O) groups excluding carboxylic acids is 1. The van der Waals surface area contributed by atoms with Crippen LogP contribution in [0.3, 0.4) is 0 Å². The number of hydrogen-bond donors (Lipinski definition) is 2. The zero-order valence-electron chi connectivity index (χ0n) is 20.2. The van der Waals surface area contributed by atoms with Crippen molar-refractivity contribution in [2.24, 2.45) is 0 Å². The zero-order valence-corrected chi connectivity index (χ0v) is 33.8. The molecule has 0 unspecified atom stereocenters. The van der Waals surface area contributed by atoms with E-state index in [1.165, 1.54) is 11.1 Å². The van der Waals surface area contributed by atoms with Gasteiger partial charge in [-0.25, -0.2) is 4.79 Å². The molecule has 0 aromatic rings. The standard InChI is InChI=1S/C10H14O3.C9H16O2.2CH3.5HI.2V/c1-7(2)5-4-6-9-8(3)12-10(11)13-9;1-7(2)5-4-6-9(11)8(3)10;;;;;;;;;/h4-6,8-9H,1-3H3;4-6,8-11H,1-3H3;2*1H3;5*1H;;/q;;2*-1;;;;;;+2;+3/p-5/b2*6-4+;;;;;;;;;/t2*8-,9-;;;;;;;;;/m00........./s1. The Balaban J connectivity index is -0.000000119. The molecule has 1 heterocycles. The van der Waals surface area contributed by atoms with Crippen LogP contribution < -0.4 is 0 Å². The molecule has 12 heteroatoms. The van der Waals surface area contributed by atoms with E-state index in [4.69, 9.17) is 19.7 Å². The monoisotopic (exact) mass is 1100 g/mol. The summed E-state index contributed by atoms with van der Waals surface area (Å²) in [6.45, 7) is 11.3. The Hall–Kier alpha value is 2.97. The molecule has 0 saturated carbocycles. The molecule has 33 heavy (non-hydrogen) atoms. The summed E-state index contributed by atoms with van der Waals surface area (Å²) in [7, 11) is 0.628. The number of rotatable bonds is 5. The molecule has 1 aliphatic heterocycles. The second kappa shape index (κ2) is 31.2. The van der Waals surface area contributed by atoms with E-state index in [0.717, 1.165) is 0 Å². The van der Waals surface area contributed by atoms with Crippen molar-refractivity contribution >= 4 is 106 Å². The summed E-state index contributed by atoms with van der Waals surface area (Å²) in [5.74, 6) is 0. The number of ether oxygens (including phenoxy) is 2. The first-order valence-electron chi connectivity index (χ1n) is 8.84. The minimum atomic E-state index is -0.759. The average molecular weight is 1100 g/mol. The molecule has 0 spiro atoms. The van der Waals surface area contributed by atoms with E-state index >= 15 is 0 Å². The molecular formula is C21H36I5O5V2-2. The summed E-state index contributed by atoms with van der Waals surface area (Å²) in [6, 6.07) is 0. The topological polar surface area (TPSA) is 76.0 Å². The van der Waals surface area contributed by atoms with Crippen LogP contribution >= 0.6 is 99.9 Å². The normalized spacial score (nSPS) is 17.7. The molecule has 1 aliphatic rings. The molecule has 1 fully saturated rings. The predicted octanol–water partition coefficient (Wildman–Crippen LogP) is 9.01. The molecule has 0 bridgehead atoms. The van der Waals surface area contributed by atoms with Gasteiger partial charge in [-0.05, 0) is 47.6 Å². The number of halogens is 5. The molecule has 4 atom stereocenters. The first-order valence-corrected chi connectivity index (χ1v) is 31.4. The van der Waals surface area contributed by atoms with Crippen molar-refractivity contribution in [1.82, 2.24) is 0 Å². The van der Waals surface area contributed by atoms with Gasteiger partial charge in [-0.3, -0.25) is 0 Å². The summed E-state index contributed by atoms with van der Waals surface area (Å²) < 4.78 is 9.68. The van der Waals surface area contributed by atoms with E-state index in [1.807, 2.05) is 58.9 Å². The Bertz CT molecular complexity index is 575. The predicted molar refractivity (Wildman–Crippen MR) is 179 cm³/mol. The third-order valence-corrected chi connectivity index (χ3v) is 2.94. The van der Waals surface area contributed by atoms with Crippen molar-refractivity contribution in [3.05, 3.63) is 62.5 Å². The fourth-order valence-corrected chi connectivity index (χ4v) is 1.53. The SMILES string of the molecule is CC(C)=C/C=C/[C@@H]1OC(=O)O[C@H]1C.CC(C)=C/C=C/[C@H](O)[C@H](C)O.[CH3-].[CH3-].[I][V]([I])[I].[I][V][I]. The van der Waals surface area contributed by atoms with Crippen molar-refractivity contribution in [3.8, 4) is 0 Å². The third kappa shape index (κ3) is 39.6. The third-order valence-electron chi connectivity index (χ3n) is 2.94. The van der Waals surface area contributed by atoms with Gasteiger partial charge in [-0.15, -0.1) is 0 Å². The summed E-state index contributed by atoms with van der Waals surface area (Å²) in [5, 5.41) is 17.9. The zero-order chi connectivity index (χ0) is 25.0. The van der Waals surface area contributed by atoms with Crippen LogP contribution in [0.15, 0.2) is 47.6 Å². The van der Waals surface area contributed by atoms with E-state index in [2.05, 4.69) is 99.9 Å². The van der Waals surface area contributed by atoms with Crippen LogP contribution in [0.1, 0.15) is 41.5 Å². The van der Waals surface area contributed by atoms with E-state index in [0.29, 0.717) is 9.47 Å². The Morgan fingerprint density at radius 2 is 1.39 bits per heavy atom. The molecular weight excluding hydrogens is 1070 g/mol. The van der Waals surface area contributed by atoms with Gasteiger partial charge in [0.2, 0.25) is 0 Å². The molecule has 0 radical (unpaired) electrons. The van der Waals surface area contributed by atoms with Gasteiger partial charge in [-0.2, -0.15) is 0 Å². The Morgan fingerprint density at radius 3 is 1.70 bits per heavy atom.